The van der Waals surface area contributed by atoms with Crippen molar-refractivity contribution in [1.29, 1.82) is 0 Å². The number of hydrogen-bond acceptors (Lipinski definition) is 4. The Morgan fingerprint density at radius 3 is 2.36 bits per heavy atom. The van der Waals surface area contributed by atoms with Crippen molar-refractivity contribution in [2.24, 2.45) is 5.92 Å². The molecule has 1 N–H and O–H groups in total. The van der Waals surface area contributed by atoms with E-state index in [0.717, 1.165) is 5.69 Å². The molecule has 1 aliphatic rings. The van der Waals surface area contributed by atoms with E-state index in [-0.39, 0.29) is 35.6 Å². The van der Waals surface area contributed by atoms with E-state index in [1.54, 1.807) is 18.2 Å². The number of carbonyl (C=O) groups is 1. The van der Waals surface area contributed by atoms with Gasteiger partial charge in [0, 0.05) is 44.5 Å². The number of rotatable bonds is 5. The summed E-state index contributed by atoms with van der Waals surface area (Å²) in [7, 11) is 0.119. The van der Waals surface area contributed by atoms with Crippen molar-refractivity contribution in [2.75, 3.05) is 37.4 Å². The van der Waals surface area contributed by atoms with Crippen molar-refractivity contribution in [3.05, 3.63) is 54.3 Å². The molecule has 0 aromatic heterocycles. The van der Waals surface area contributed by atoms with Crippen LogP contribution in [-0.4, -0.2) is 45.8 Å². The van der Waals surface area contributed by atoms with Crippen molar-refractivity contribution in [1.82, 2.24) is 4.31 Å². The summed E-state index contributed by atoms with van der Waals surface area (Å²) in [6.45, 7) is 0.575. The molecule has 1 saturated heterocycles. The van der Waals surface area contributed by atoms with Crippen LogP contribution in [0.15, 0.2) is 53.4 Å². The topological polar surface area (TPSA) is 69.7 Å². The van der Waals surface area contributed by atoms with Gasteiger partial charge in [-0.25, -0.2) is 12.8 Å². The molecule has 0 bridgehead atoms. The molecule has 28 heavy (non-hydrogen) atoms. The molecule has 0 radical (unpaired) electrons. The van der Waals surface area contributed by atoms with Crippen molar-refractivity contribution in [2.45, 2.75) is 17.7 Å². The standard InChI is InChI=1S/C20H24FN3O3S/c1-23(2)18-4-3-5-19(14-18)28(26,27)24-12-10-15(11-13-24)20(25)22-17-8-6-16(21)7-9-17/h3-9,14-15H,10-13H2,1-2H3,(H,22,25). The van der Waals surface area contributed by atoms with E-state index in [1.165, 1.54) is 28.6 Å². The molecule has 0 unspecified atom stereocenters. The van der Waals surface area contributed by atoms with Gasteiger partial charge in [0.1, 0.15) is 5.82 Å². The summed E-state index contributed by atoms with van der Waals surface area (Å²) < 4.78 is 40.3. The Hall–Kier alpha value is -2.45. The highest BCUT2D eigenvalue weighted by atomic mass is 32.2. The van der Waals surface area contributed by atoms with Gasteiger partial charge in [-0.15, -0.1) is 0 Å². The summed E-state index contributed by atoms with van der Waals surface area (Å²) in [6, 6.07) is 12.4. The van der Waals surface area contributed by atoms with E-state index in [1.807, 2.05) is 25.1 Å². The number of nitrogens with zero attached hydrogens (tertiary/aromatic N) is 2. The maximum absolute atomic E-state index is 13.0. The van der Waals surface area contributed by atoms with Gasteiger partial charge in [0.15, 0.2) is 0 Å². The van der Waals surface area contributed by atoms with Crippen LogP contribution in [0.4, 0.5) is 15.8 Å². The Morgan fingerprint density at radius 1 is 1.11 bits per heavy atom. The van der Waals surface area contributed by atoms with Gasteiger partial charge in [0.25, 0.3) is 0 Å². The highest BCUT2D eigenvalue weighted by molar-refractivity contribution is 7.89. The number of hydrogen-bond donors (Lipinski definition) is 1. The lowest BCUT2D eigenvalue weighted by molar-refractivity contribution is -0.120. The van der Waals surface area contributed by atoms with E-state index < -0.39 is 10.0 Å². The molecule has 150 valence electrons. The highest BCUT2D eigenvalue weighted by Crippen LogP contribution is 2.26. The Labute approximate surface area is 165 Å². The highest BCUT2D eigenvalue weighted by Gasteiger charge is 2.32. The summed E-state index contributed by atoms with van der Waals surface area (Å²) in [5.74, 6) is -0.808. The van der Waals surface area contributed by atoms with Crippen molar-refractivity contribution < 1.29 is 17.6 Å². The zero-order chi connectivity index (χ0) is 20.3. The largest absolute Gasteiger partial charge is 0.378 e. The molecule has 8 heteroatoms. The second kappa shape index (κ2) is 8.28. The van der Waals surface area contributed by atoms with Crippen molar-refractivity contribution >= 4 is 27.3 Å². The number of anilines is 2. The minimum absolute atomic E-state index is 0.168. The third kappa shape index (κ3) is 4.51. The first-order valence-corrected chi connectivity index (χ1v) is 10.6. The smallest absolute Gasteiger partial charge is 0.243 e. The third-order valence-corrected chi connectivity index (χ3v) is 6.80. The van der Waals surface area contributed by atoms with Gasteiger partial charge in [0.2, 0.25) is 15.9 Å². The summed E-state index contributed by atoms with van der Waals surface area (Å²) in [5.41, 5.74) is 1.34. The maximum atomic E-state index is 13.0. The Kier molecular flexibility index (Phi) is 6.00. The number of piperidine rings is 1. The van der Waals surface area contributed by atoms with Crippen LogP contribution in [0.2, 0.25) is 0 Å². The zero-order valence-electron chi connectivity index (χ0n) is 15.9. The molecule has 0 spiro atoms. The van der Waals surface area contributed by atoms with Crippen LogP contribution in [-0.2, 0) is 14.8 Å². The first-order chi connectivity index (χ1) is 13.3. The predicted molar refractivity (Wildman–Crippen MR) is 107 cm³/mol. The van der Waals surface area contributed by atoms with Gasteiger partial charge in [-0.1, -0.05) is 6.07 Å². The molecule has 3 rings (SSSR count). The predicted octanol–water partition coefficient (Wildman–Crippen LogP) is 2.93. The first kappa shape index (κ1) is 20.3. The third-order valence-electron chi connectivity index (χ3n) is 4.91. The molecular weight excluding hydrogens is 381 g/mol. The monoisotopic (exact) mass is 405 g/mol. The van der Waals surface area contributed by atoms with E-state index in [9.17, 15) is 17.6 Å². The molecule has 1 amide bonds. The second-order valence-corrected chi connectivity index (χ2v) is 9.00. The lowest BCUT2D eigenvalue weighted by Crippen LogP contribution is -2.41. The molecule has 1 heterocycles. The van der Waals surface area contributed by atoms with E-state index >= 15 is 0 Å². The van der Waals surface area contributed by atoms with Crippen LogP contribution in [0.1, 0.15) is 12.8 Å². The van der Waals surface area contributed by atoms with Gasteiger partial charge in [0.05, 0.1) is 4.90 Å². The van der Waals surface area contributed by atoms with Gasteiger partial charge < -0.3 is 10.2 Å². The molecule has 2 aromatic carbocycles. The lowest BCUT2D eigenvalue weighted by Gasteiger charge is -2.30. The molecule has 0 aliphatic carbocycles. The minimum Gasteiger partial charge on any atom is -0.378 e. The maximum Gasteiger partial charge on any atom is 0.243 e. The van der Waals surface area contributed by atoms with Crippen LogP contribution >= 0.6 is 0 Å². The fourth-order valence-electron chi connectivity index (χ4n) is 3.21. The molecule has 6 nitrogen and oxygen atoms in total. The van der Waals surface area contributed by atoms with Gasteiger partial charge >= 0.3 is 0 Å². The SMILES string of the molecule is CN(C)c1cccc(S(=O)(=O)N2CCC(C(=O)Nc3ccc(F)cc3)CC2)c1. The lowest BCUT2D eigenvalue weighted by atomic mass is 9.97. The molecule has 1 aliphatic heterocycles. The van der Waals surface area contributed by atoms with Crippen molar-refractivity contribution in [3.8, 4) is 0 Å². The number of amides is 1. The average molecular weight is 405 g/mol. The first-order valence-electron chi connectivity index (χ1n) is 9.11. The summed E-state index contributed by atoms with van der Waals surface area (Å²) >= 11 is 0. The van der Waals surface area contributed by atoms with Crippen molar-refractivity contribution in [3.63, 3.8) is 0 Å². The fraction of sp³-hybridized carbons (Fsp3) is 0.350. The second-order valence-electron chi connectivity index (χ2n) is 7.07. The average Bonchev–Trinajstić information content (AvgIpc) is 2.70. The van der Waals surface area contributed by atoms with Gasteiger partial charge in [-0.2, -0.15) is 4.31 Å². The molecule has 0 atom stereocenters. The normalized spacial score (nSPS) is 16.0. The number of carbonyl (C=O) groups excluding carboxylic acids is 1. The summed E-state index contributed by atoms with van der Waals surface area (Å²) in [5, 5.41) is 2.76. The van der Waals surface area contributed by atoms with E-state index in [2.05, 4.69) is 5.32 Å². The number of benzene rings is 2. The van der Waals surface area contributed by atoms with Crippen LogP contribution in [0.25, 0.3) is 0 Å². The molecule has 2 aromatic rings. The molecular formula is C20H24FN3O3S. The number of sulfonamides is 1. The number of nitrogens with one attached hydrogen (secondary N) is 1. The van der Waals surface area contributed by atoms with E-state index in [0.29, 0.717) is 18.5 Å². The van der Waals surface area contributed by atoms with Crippen LogP contribution in [0.5, 0.6) is 0 Å². The van der Waals surface area contributed by atoms with Crippen LogP contribution in [0.3, 0.4) is 0 Å². The molecule has 1 fully saturated rings. The molecule has 0 saturated carbocycles. The zero-order valence-corrected chi connectivity index (χ0v) is 16.7. The minimum atomic E-state index is -3.60. The van der Waals surface area contributed by atoms with Crippen LogP contribution in [0, 0.1) is 11.7 Å². The van der Waals surface area contributed by atoms with E-state index in [4.69, 9.17) is 0 Å². The van der Waals surface area contributed by atoms with Crippen LogP contribution < -0.4 is 10.2 Å². The Balaban J connectivity index is 1.63. The fourth-order valence-corrected chi connectivity index (χ4v) is 4.72. The van der Waals surface area contributed by atoms with Gasteiger partial charge in [-0.3, -0.25) is 4.79 Å². The quantitative estimate of drug-likeness (QED) is 0.830. The summed E-state index contributed by atoms with van der Waals surface area (Å²) in [6.07, 6.45) is 0.888. The summed E-state index contributed by atoms with van der Waals surface area (Å²) in [4.78, 5) is 14.5. The Bertz CT molecular complexity index is 937. The number of halogens is 1. The Morgan fingerprint density at radius 2 is 1.75 bits per heavy atom. The van der Waals surface area contributed by atoms with Gasteiger partial charge in [-0.05, 0) is 55.3 Å².